The minimum atomic E-state index is -1.82. The molecule has 3 N–H and O–H groups in total. The molecular weight excluding hydrogens is 492 g/mol. The van der Waals surface area contributed by atoms with Crippen molar-refractivity contribution in [3.63, 3.8) is 0 Å². The molecule has 1 aromatic rings. The lowest BCUT2D eigenvalue weighted by Crippen LogP contribution is -2.44. The molecule has 0 aromatic heterocycles. The first-order valence-electron chi connectivity index (χ1n) is 13.6. The Hall–Kier alpha value is -3.14. The van der Waals surface area contributed by atoms with Gasteiger partial charge in [-0.25, -0.2) is 9.59 Å². The van der Waals surface area contributed by atoms with Crippen LogP contribution in [0, 0.1) is 11.3 Å². The van der Waals surface area contributed by atoms with Gasteiger partial charge in [0.2, 0.25) is 11.8 Å². The smallest absolute Gasteiger partial charge is 0.414 e. The van der Waals surface area contributed by atoms with Crippen molar-refractivity contribution in [3.05, 3.63) is 23.8 Å². The van der Waals surface area contributed by atoms with E-state index in [9.17, 15) is 9.59 Å². The Morgan fingerprint density at radius 3 is 2.45 bits per heavy atom. The number of nitrogens with zero attached hydrogens (tertiary/aromatic N) is 1. The van der Waals surface area contributed by atoms with E-state index in [1.54, 1.807) is 7.11 Å². The monoisotopic (exact) mass is 532 g/mol. The zero-order valence-corrected chi connectivity index (χ0v) is 22.4. The molecule has 1 saturated carbocycles. The minimum absolute atomic E-state index is 0.00761. The van der Waals surface area contributed by atoms with Crippen molar-refractivity contribution in [2.24, 2.45) is 11.3 Å². The van der Waals surface area contributed by atoms with Crippen LogP contribution in [0.3, 0.4) is 0 Å². The molecule has 2 fully saturated rings. The van der Waals surface area contributed by atoms with Crippen LogP contribution in [0.25, 0.3) is 0 Å². The molecule has 1 spiro atoms. The first kappa shape index (κ1) is 29.4. The number of hydrogen-bond acceptors (Lipinski definition) is 7. The molecule has 3 aliphatic rings. The lowest BCUT2D eigenvalue weighted by Gasteiger charge is -2.36. The SMILES string of the molecule is CCCN(CCCCC1C(=O)NC(=O)C12CCCCC2)C1COc2cccc(OC)c2C1.O=C(O)C(=O)O. The quantitative estimate of drug-likeness (QED) is 0.248. The maximum Gasteiger partial charge on any atom is 0.414 e. The highest BCUT2D eigenvalue weighted by Crippen LogP contribution is 2.48. The molecule has 0 radical (unpaired) electrons. The largest absolute Gasteiger partial charge is 0.496 e. The Morgan fingerprint density at radius 1 is 1.11 bits per heavy atom. The normalized spacial score (nSPS) is 21.7. The highest BCUT2D eigenvalue weighted by atomic mass is 16.5. The van der Waals surface area contributed by atoms with Crippen LogP contribution in [-0.4, -0.2) is 71.7 Å². The summed E-state index contributed by atoms with van der Waals surface area (Å²) in [4.78, 5) is 45.9. The second kappa shape index (κ2) is 13.6. The minimum Gasteiger partial charge on any atom is -0.496 e. The van der Waals surface area contributed by atoms with E-state index in [2.05, 4.69) is 17.1 Å². The molecule has 10 heteroatoms. The number of rotatable bonds is 9. The molecule has 4 rings (SSSR count). The van der Waals surface area contributed by atoms with E-state index in [4.69, 9.17) is 29.3 Å². The van der Waals surface area contributed by atoms with Crippen LogP contribution < -0.4 is 14.8 Å². The summed E-state index contributed by atoms with van der Waals surface area (Å²) >= 11 is 0. The molecule has 1 saturated heterocycles. The van der Waals surface area contributed by atoms with Gasteiger partial charge in [-0.15, -0.1) is 0 Å². The number of carboxylic acid groups (broad SMARTS) is 2. The number of aliphatic carboxylic acids is 2. The van der Waals surface area contributed by atoms with Gasteiger partial charge in [0.1, 0.15) is 18.1 Å². The summed E-state index contributed by atoms with van der Waals surface area (Å²) in [6, 6.07) is 6.33. The van der Waals surface area contributed by atoms with E-state index in [0.29, 0.717) is 12.6 Å². The predicted octanol–water partition coefficient (Wildman–Crippen LogP) is 3.26. The highest BCUT2D eigenvalue weighted by Gasteiger charge is 2.54. The molecule has 1 aliphatic carbocycles. The number of unbranched alkanes of at least 4 members (excludes halogenated alkanes) is 1. The average Bonchev–Trinajstić information content (AvgIpc) is 3.13. The van der Waals surface area contributed by atoms with E-state index in [-0.39, 0.29) is 17.7 Å². The Kier molecular flexibility index (Phi) is 10.5. The second-order valence-corrected chi connectivity index (χ2v) is 10.3. The number of carbonyl (C=O) groups excluding carboxylic acids is 2. The zero-order chi connectivity index (χ0) is 27.7. The Bertz CT molecular complexity index is 978. The first-order chi connectivity index (χ1) is 18.2. The van der Waals surface area contributed by atoms with E-state index in [1.165, 1.54) is 6.42 Å². The summed E-state index contributed by atoms with van der Waals surface area (Å²) in [7, 11) is 1.71. The van der Waals surface area contributed by atoms with Crippen LogP contribution in [0.4, 0.5) is 0 Å². The Balaban J connectivity index is 0.000000599. The second-order valence-electron chi connectivity index (χ2n) is 10.3. The molecule has 2 heterocycles. The van der Waals surface area contributed by atoms with Gasteiger partial charge in [0.25, 0.3) is 0 Å². The molecule has 2 aliphatic heterocycles. The number of hydrogen-bond donors (Lipinski definition) is 3. The topological polar surface area (TPSA) is 142 Å². The van der Waals surface area contributed by atoms with Crippen LogP contribution in [0.5, 0.6) is 11.5 Å². The van der Waals surface area contributed by atoms with E-state index < -0.39 is 17.4 Å². The van der Waals surface area contributed by atoms with Crippen molar-refractivity contribution in [1.29, 1.82) is 0 Å². The lowest BCUT2D eigenvalue weighted by atomic mass is 9.66. The summed E-state index contributed by atoms with van der Waals surface area (Å²) in [5.74, 6) is -1.99. The predicted molar refractivity (Wildman–Crippen MR) is 139 cm³/mol. The summed E-state index contributed by atoms with van der Waals surface area (Å²) in [6.07, 6.45) is 9.90. The van der Waals surface area contributed by atoms with Crippen LogP contribution in [-0.2, 0) is 25.6 Å². The van der Waals surface area contributed by atoms with Gasteiger partial charge in [-0.2, -0.15) is 0 Å². The Labute approximate surface area is 223 Å². The molecule has 2 amide bonds. The number of carbonyl (C=O) groups is 4. The molecular formula is C28H40N2O8. The van der Waals surface area contributed by atoms with E-state index >= 15 is 0 Å². The van der Waals surface area contributed by atoms with Gasteiger partial charge in [-0.05, 0) is 63.7 Å². The van der Waals surface area contributed by atoms with Crippen LogP contribution in [0.1, 0.15) is 70.3 Å². The summed E-state index contributed by atoms with van der Waals surface area (Å²) in [5, 5.41) is 17.4. The fourth-order valence-electron chi connectivity index (χ4n) is 6.11. The average molecular weight is 533 g/mol. The van der Waals surface area contributed by atoms with Gasteiger partial charge in [0.15, 0.2) is 0 Å². The number of imide groups is 1. The third-order valence-electron chi connectivity index (χ3n) is 8.00. The van der Waals surface area contributed by atoms with Crippen molar-refractivity contribution in [2.45, 2.75) is 77.2 Å². The molecule has 38 heavy (non-hydrogen) atoms. The third-order valence-corrected chi connectivity index (χ3v) is 8.00. The molecule has 2 atom stereocenters. The summed E-state index contributed by atoms with van der Waals surface area (Å²) in [6.45, 7) is 4.93. The van der Waals surface area contributed by atoms with Gasteiger partial charge >= 0.3 is 11.9 Å². The first-order valence-corrected chi connectivity index (χ1v) is 13.6. The van der Waals surface area contributed by atoms with Crippen molar-refractivity contribution in [3.8, 4) is 11.5 Å². The molecule has 0 bridgehead atoms. The van der Waals surface area contributed by atoms with E-state index in [1.807, 2.05) is 18.2 Å². The standard InChI is InChI=1S/C26H38N2O4.C2H2O4/c1-3-15-28(19-17-20-22(31-2)11-9-12-23(20)32-18-19)16-8-5-10-21-24(29)27-25(30)26(21)13-6-4-7-14-26;3-1(4)2(5)6/h9,11-12,19,21H,3-8,10,13-18H2,1-2H3,(H,27,29,30);(H,3,4)(H,5,6). The zero-order valence-electron chi connectivity index (χ0n) is 22.4. The molecule has 10 nitrogen and oxygen atoms in total. The maximum absolute atomic E-state index is 12.6. The molecule has 210 valence electrons. The van der Waals surface area contributed by atoms with Gasteiger partial charge in [0.05, 0.1) is 18.4 Å². The third kappa shape index (κ3) is 6.83. The number of benzene rings is 1. The fraction of sp³-hybridized carbons (Fsp3) is 0.643. The fourth-order valence-corrected chi connectivity index (χ4v) is 6.11. The number of ether oxygens (including phenoxy) is 2. The highest BCUT2D eigenvalue weighted by molar-refractivity contribution is 6.27. The summed E-state index contributed by atoms with van der Waals surface area (Å²) < 4.78 is 11.6. The van der Waals surface area contributed by atoms with Crippen molar-refractivity contribution < 1.29 is 38.9 Å². The lowest BCUT2D eigenvalue weighted by molar-refractivity contribution is -0.159. The van der Waals surface area contributed by atoms with Gasteiger partial charge < -0.3 is 19.7 Å². The number of carboxylic acids is 2. The Morgan fingerprint density at radius 2 is 1.82 bits per heavy atom. The summed E-state index contributed by atoms with van der Waals surface area (Å²) in [5.41, 5.74) is 0.739. The van der Waals surface area contributed by atoms with Crippen LogP contribution in [0.15, 0.2) is 18.2 Å². The van der Waals surface area contributed by atoms with Crippen molar-refractivity contribution >= 4 is 23.8 Å². The van der Waals surface area contributed by atoms with Crippen LogP contribution >= 0.6 is 0 Å². The maximum atomic E-state index is 12.6. The molecule has 1 aromatic carbocycles. The number of nitrogens with one attached hydrogen (secondary N) is 1. The molecule has 2 unspecified atom stereocenters. The van der Waals surface area contributed by atoms with Crippen molar-refractivity contribution in [1.82, 2.24) is 10.2 Å². The van der Waals surface area contributed by atoms with Crippen LogP contribution in [0.2, 0.25) is 0 Å². The van der Waals surface area contributed by atoms with Gasteiger partial charge in [-0.1, -0.05) is 38.7 Å². The van der Waals surface area contributed by atoms with E-state index in [0.717, 1.165) is 87.9 Å². The number of amides is 2. The van der Waals surface area contributed by atoms with Gasteiger partial charge in [0, 0.05) is 11.6 Å². The van der Waals surface area contributed by atoms with Crippen molar-refractivity contribution in [2.75, 3.05) is 26.8 Å². The number of methoxy groups -OCH3 is 1. The number of fused-ring (bicyclic) bond motifs is 1. The van der Waals surface area contributed by atoms with Gasteiger partial charge in [-0.3, -0.25) is 19.8 Å².